The first-order valence-electron chi connectivity index (χ1n) is 4.96. The number of ether oxygens (including phenoxy) is 3. The van der Waals surface area contributed by atoms with Gasteiger partial charge in [-0.2, -0.15) is 0 Å². The molecule has 1 amide bonds. The van der Waals surface area contributed by atoms with Gasteiger partial charge in [-0.3, -0.25) is 0 Å². The number of rotatable bonds is 9. The average molecular weight is 220 g/mol. The molecule has 6 heteroatoms. The van der Waals surface area contributed by atoms with E-state index in [0.29, 0.717) is 26.4 Å². The highest BCUT2D eigenvalue weighted by molar-refractivity contribution is 5.66. The predicted octanol–water partition coefficient (Wildman–Crippen LogP) is -0.405. The van der Waals surface area contributed by atoms with Crippen molar-refractivity contribution < 1.29 is 19.0 Å². The Bertz CT molecular complexity index is 155. The fourth-order valence-corrected chi connectivity index (χ4v) is 0.762. The molecule has 0 aromatic rings. The number of hydrogen-bond donors (Lipinski definition) is 2. The van der Waals surface area contributed by atoms with Crippen LogP contribution in [-0.4, -0.2) is 59.8 Å². The van der Waals surface area contributed by atoms with Crippen molar-refractivity contribution in [2.75, 3.05) is 53.7 Å². The van der Waals surface area contributed by atoms with Crippen LogP contribution >= 0.6 is 0 Å². The van der Waals surface area contributed by atoms with Gasteiger partial charge in [-0.1, -0.05) is 0 Å². The van der Waals surface area contributed by atoms with Gasteiger partial charge in [0, 0.05) is 13.6 Å². The van der Waals surface area contributed by atoms with Gasteiger partial charge < -0.3 is 24.8 Å². The molecule has 90 valence electrons. The van der Waals surface area contributed by atoms with Crippen molar-refractivity contribution in [2.45, 2.75) is 0 Å². The van der Waals surface area contributed by atoms with E-state index in [1.807, 2.05) is 7.05 Å². The fraction of sp³-hybridized carbons (Fsp3) is 0.889. The summed E-state index contributed by atoms with van der Waals surface area (Å²) in [5, 5.41) is 5.31. The van der Waals surface area contributed by atoms with Crippen molar-refractivity contribution in [1.29, 1.82) is 0 Å². The summed E-state index contributed by atoms with van der Waals surface area (Å²) in [5.74, 6) is 0. The second-order valence-corrected chi connectivity index (χ2v) is 2.71. The van der Waals surface area contributed by atoms with Gasteiger partial charge in [-0.05, 0) is 7.05 Å². The van der Waals surface area contributed by atoms with Gasteiger partial charge in [-0.25, -0.2) is 4.79 Å². The molecule has 6 nitrogen and oxygen atoms in total. The Kier molecular flexibility index (Phi) is 10.6. The fourth-order valence-electron chi connectivity index (χ4n) is 0.762. The molecule has 0 aliphatic rings. The lowest BCUT2D eigenvalue weighted by Gasteiger charge is -2.06. The van der Waals surface area contributed by atoms with E-state index >= 15 is 0 Å². The normalized spacial score (nSPS) is 10.0. The van der Waals surface area contributed by atoms with Crippen LogP contribution in [0.3, 0.4) is 0 Å². The van der Waals surface area contributed by atoms with Gasteiger partial charge in [0.15, 0.2) is 0 Å². The molecule has 15 heavy (non-hydrogen) atoms. The van der Waals surface area contributed by atoms with Crippen LogP contribution in [0.2, 0.25) is 0 Å². The van der Waals surface area contributed by atoms with Crippen molar-refractivity contribution in [3.63, 3.8) is 0 Å². The number of carbonyl (C=O) groups excluding carboxylic acids is 1. The monoisotopic (exact) mass is 220 g/mol. The second-order valence-electron chi connectivity index (χ2n) is 2.71. The van der Waals surface area contributed by atoms with Crippen LogP contribution in [0.1, 0.15) is 0 Å². The van der Waals surface area contributed by atoms with E-state index in [4.69, 9.17) is 14.2 Å². The van der Waals surface area contributed by atoms with Gasteiger partial charge in [0.1, 0.15) is 6.61 Å². The van der Waals surface area contributed by atoms with E-state index in [1.165, 1.54) is 7.05 Å². The quantitative estimate of drug-likeness (QED) is 0.517. The first-order valence-corrected chi connectivity index (χ1v) is 4.96. The largest absolute Gasteiger partial charge is 0.447 e. The number of alkyl carbamates (subject to hydrolysis) is 1. The SMILES string of the molecule is CNCCOCCOCCOC(=O)NC. The molecule has 0 spiro atoms. The smallest absolute Gasteiger partial charge is 0.406 e. The number of nitrogens with one attached hydrogen (secondary N) is 2. The molecule has 0 aliphatic carbocycles. The van der Waals surface area contributed by atoms with Gasteiger partial charge in [-0.15, -0.1) is 0 Å². The minimum atomic E-state index is -0.441. The lowest BCUT2D eigenvalue weighted by atomic mass is 10.6. The minimum Gasteiger partial charge on any atom is -0.447 e. The molecule has 0 unspecified atom stereocenters. The van der Waals surface area contributed by atoms with Crippen LogP contribution < -0.4 is 10.6 Å². The van der Waals surface area contributed by atoms with E-state index in [0.717, 1.165) is 6.54 Å². The Labute approximate surface area is 90.3 Å². The number of amides is 1. The third-order valence-electron chi connectivity index (χ3n) is 1.53. The molecular weight excluding hydrogens is 200 g/mol. The predicted molar refractivity (Wildman–Crippen MR) is 56.0 cm³/mol. The van der Waals surface area contributed by atoms with Gasteiger partial charge in [0.25, 0.3) is 0 Å². The van der Waals surface area contributed by atoms with Crippen molar-refractivity contribution in [3.05, 3.63) is 0 Å². The molecule has 0 heterocycles. The van der Waals surface area contributed by atoms with Gasteiger partial charge in [0.05, 0.1) is 26.4 Å². The summed E-state index contributed by atoms with van der Waals surface area (Å²) < 4.78 is 15.1. The van der Waals surface area contributed by atoms with Crippen LogP contribution in [0.5, 0.6) is 0 Å². The average Bonchev–Trinajstić information content (AvgIpc) is 2.26. The Morgan fingerprint density at radius 3 is 2.20 bits per heavy atom. The van der Waals surface area contributed by atoms with Crippen LogP contribution in [0.4, 0.5) is 4.79 Å². The molecule has 0 saturated carbocycles. The molecule has 0 rings (SSSR count). The topological polar surface area (TPSA) is 68.8 Å². The third-order valence-corrected chi connectivity index (χ3v) is 1.53. The Morgan fingerprint density at radius 2 is 1.60 bits per heavy atom. The summed E-state index contributed by atoms with van der Waals surface area (Å²) in [6.07, 6.45) is -0.441. The van der Waals surface area contributed by atoms with Crippen LogP contribution in [0.25, 0.3) is 0 Å². The zero-order valence-electron chi connectivity index (χ0n) is 9.38. The van der Waals surface area contributed by atoms with E-state index < -0.39 is 6.09 Å². The maximum absolute atomic E-state index is 10.6. The second kappa shape index (κ2) is 11.2. The molecule has 0 aliphatic heterocycles. The first-order chi connectivity index (χ1) is 7.31. The maximum atomic E-state index is 10.6. The molecular formula is C9H20N2O4. The number of likely N-dealkylation sites (N-methyl/N-ethyl adjacent to an activating group) is 1. The Hall–Kier alpha value is -0.850. The summed E-state index contributed by atoms with van der Waals surface area (Å²) in [5.41, 5.74) is 0. The van der Waals surface area contributed by atoms with Gasteiger partial charge >= 0.3 is 6.09 Å². The third kappa shape index (κ3) is 11.1. The van der Waals surface area contributed by atoms with E-state index in [1.54, 1.807) is 0 Å². The molecule has 2 N–H and O–H groups in total. The molecule has 0 saturated heterocycles. The summed E-state index contributed by atoms with van der Waals surface area (Å²) >= 11 is 0. The van der Waals surface area contributed by atoms with Crippen LogP contribution in [-0.2, 0) is 14.2 Å². The number of carbonyl (C=O) groups is 1. The van der Waals surface area contributed by atoms with E-state index in [2.05, 4.69) is 10.6 Å². The molecule has 0 fully saturated rings. The lowest BCUT2D eigenvalue weighted by Crippen LogP contribution is -2.21. The van der Waals surface area contributed by atoms with Crippen molar-refractivity contribution in [1.82, 2.24) is 10.6 Å². The maximum Gasteiger partial charge on any atom is 0.406 e. The summed E-state index contributed by atoms with van der Waals surface area (Å²) in [6.45, 7) is 3.23. The molecule has 0 radical (unpaired) electrons. The molecule has 0 aromatic heterocycles. The standard InChI is InChI=1S/C9H20N2O4/c1-10-3-4-13-5-6-14-7-8-15-9(12)11-2/h10H,3-8H2,1-2H3,(H,11,12). The summed E-state index contributed by atoms with van der Waals surface area (Å²) in [7, 11) is 3.38. The highest BCUT2D eigenvalue weighted by Gasteiger charge is 1.96. The summed E-state index contributed by atoms with van der Waals surface area (Å²) in [6, 6.07) is 0. The number of hydrogen-bond acceptors (Lipinski definition) is 5. The van der Waals surface area contributed by atoms with Crippen molar-refractivity contribution >= 4 is 6.09 Å². The van der Waals surface area contributed by atoms with Crippen molar-refractivity contribution in [2.24, 2.45) is 0 Å². The summed E-state index contributed by atoms with van der Waals surface area (Å²) in [4.78, 5) is 10.6. The Morgan fingerprint density at radius 1 is 1.00 bits per heavy atom. The molecule has 0 bridgehead atoms. The zero-order chi connectivity index (χ0) is 11.4. The Balaban J connectivity index is 2.95. The molecule has 0 aromatic carbocycles. The van der Waals surface area contributed by atoms with E-state index in [-0.39, 0.29) is 6.61 Å². The zero-order valence-corrected chi connectivity index (χ0v) is 9.38. The highest BCUT2D eigenvalue weighted by atomic mass is 16.6. The molecule has 0 atom stereocenters. The van der Waals surface area contributed by atoms with Crippen molar-refractivity contribution in [3.8, 4) is 0 Å². The lowest BCUT2D eigenvalue weighted by molar-refractivity contribution is 0.0294. The minimum absolute atomic E-state index is 0.260. The highest BCUT2D eigenvalue weighted by Crippen LogP contribution is 1.81. The van der Waals surface area contributed by atoms with Crippen LogP contribution in [0, 0.1) is 0 Å². The van der Waals surface area contributed by atoms with Gasteiger partial charge in [0.2, 0.25) is 0 Å². The first kappa shape index (κ1) is 14.2. The van der Waals surface area contributed by atoms with E-state index in [9.17, 15) is 4.79 Å². The van der Waals surface area contributed by atoms with Crippen LogP contribution in [0.15, 0.2) is 0 Å².